The van der Waals surface area contributed by atoms with Gasteiger partial charge in [-0.25, -0.2) is 0 Å². The SMILES string of the molecule is CCCCCCCCCCCCCCCCCC[NH2+]CCCCC.[Br-]. The Kier molecular flexibility index (Phi) is 29.5. The molecule has 0 aromatic rings. The summed E-state index contributed by atoms with van der Waals surface area (Å²) in [5.74, 6) is 0. The van der Waals surface area contributed by atoms with Crippen molar-refractivity contribution in [1.82, 2.24) is 0 Å². The summed E-state index contributed by atoms with van der Waals surface area (Å²) < 4.78 is 0. The quantitative estimate of drug-likeness (QED) is 0.270. The van der Waals surface area contributed by atoms with Crippen LogP contribution < -0.4 is 22.3 Å². The van der Waals surface area contributed by atoms with E-state index in [2.05, 4.69) is 19.2 Å². The molecule has 0 aromatic carbocycles. The molecule has 0 amide bonds. The molecule has 0 aliphatic rings. The highest BCUT2D eigenvalue weighted by Crippen LogP contribution is 2.13. The first-order valence-electron chi connectivity index (χ1n) is 11.7. The first kappa shape index (κ1) is 27.7. The minimum absolute atomic E-state index is 0. The summed E-state index contributed by atoms with van der Waals surface area (Å²) in [6.07, 6.45) is 27.7. The van der Waals surface area contributed by atoms with Crippen molar-refractivity contribution in [2.24, 2.45) is 0 Å². The summed E-state index contributed by atoms with van der Waals surface area (Å²) in [7, 11) is 0. The summed E-state index contributed by atoms with van der Waals surface area (Å²) in [6.45, 7) is 7.30. The molecule has 2 heteroatoms. The molecule has 2 N–H and O–H groups in total. The van der Waals surface area contributed by atoms with E-state index in [4.69, 9.17) is 0 Å². The van der Waals surface area contributed by atoms with Gasteiger partial charge in [-0.05, 0) is 25.7 Å². The van der Waals surface area contributed by atoms with Crippen LogP contribution >= 0.6 is 0 Å². The Bertz CT molecular complexity index is 186. The fourth-order valence-electron chi connectivity index (χ4n) is 3.52. The predicted molar refractivity (Wildman–Crippen MR) is 111 cm³/mol. The zero-order valence-corrected chi connectivity index (χ0v) is 19.4. The highest BCUT2D eigenvalue weighted by Gasteiger charge is 1.95. The molecule has 0 aromatic heterocycles. The maximum absolute atomic E-state index is 2.53. The van der Waals surface area contributed by atoms with Gasteiger partial charge in [0.05, 0.1) is 13.1 Å². The number of hydrogen-bond acceptors (Lipinski definition) is 0. The van der Waals surface area contributed by atoms with Crippen molar-refractivity contribution in [1.29, 1.82) is 0 Å². The Hall–Kier alpha value is 0.440. The zero-order valence-electron chi connectivity index (χ0n) is 17.8. The van der Waals surface area contributed by atoms with Crippen LogP contribution in [0.5, 0.6) is 0 Å². The molecule has 0 saturated heterocycles. The van der Waals surface area contributed by atoms with Gasteiger partial charge in [0.2, 0.25) is 0 Å². The maximum atomic E-state index is 2.53. The second-order valence-corrected chi connectivity index (χ2v) is 7.88. The van der Waals surface area contributed by atoms with E-state index in [0.29, 0.717) is 0 Å². The third-order valence-electron chi connectivity index (χ3n) is 5.27. The molecular weight excluding hydrogens is 370 g/mol. The molecule has 0 rings (SSSR count). The lowest BCUT2D eigenvalue weighted by Crippen LogP contribution is -3.00. The van der Waals surface area contributed by atoms with Crippen LogP contribution in [-0.2, 0) is 0 Å². The molecule has 0 aliphatic heterocycles. The highest BCUT2D eigenvalue weighted by molar-refractivity contribution is 4.49. The fraction of sp³-hybridized carbons (Fsp3) is 1.00. The first-order chi connectivity index (χ1) is 11.9. The van der Waals surface area contributed by atoms with Crippen LogP contribution in [0.1, 0.15) is 136 Å². The third-order valence-corrected chi connectivity index (χ3v) is 5.27. The Morgan fingerprint density at radius 2 is 0.600 bits per heavy atom. The molecule has 154 valence electrons. The second kappa shape index (κ2) is 26.7. The summed E-state index contributed by atoms with van der Waals surface area (Å²) in [5, 5.41) is 2.53. The van der Waals surface area contributed by atoms with Crippen molar-refractivity contribution >= 4 is 0 Å². The van der Waals surface area contributed by atoms with Gasteiger partial charge >= 0.3 is 0 Å². The number of nitrogens with two attached hydrogens (primary N) is 1. The van der Waals surface area contributed by atoms with Crippen molar-refractivity contribution in [2.75, 3.05) is 13.1 Å². The molecule has 0 heterocycles. The zero-order chi connectivity index (χ0) is 17.6. The van der Waals surface area contributed by atoms with Crippen molar-refractivity contribution in [2.45, 2.75) is 136 Å². The van der Waals surface area contributed by atoms with Gasteiger partial charge in [-0.3, -0.25) is 0 Å². The van der Waals surface area contributed by atoms with Crippen LogP contribution in [-0.4, -0.2) is 13.1 Å². The normalized spacial score (nSPS) is 10.8. The maximum Gasteiger partial charge on any atom is 0.0755 e. The van der Waals surface area contributed by atoms with E-state index in [-0.39, 0.29) is 17.0 Å². The predicted octanol–water partition coefficient (Wildman–Crippen LogP) is 4.01. The lowest BCUT2D eigenvalue weighted by Gasteiger charge is -2.04. The van der Waals surface area contributed by atoms with E-state index >= 15 is 0 Å². The monoisotopic (exact) mass is 419 g/mol. The summed E-state index contributed by atoms with van der Waals surface area (Å²) in [5.41, 5.74) is 0. The Labute approximate surface area is 171 Å². The highest BCUT2D eigenvalue weighted by atomic mass is 79.9. The molecule has 1 nitrogen and oxygen atoms in total. The van der Waals surface area contributed by atoms with E-state index in [1.807, 2.05) is 0 Å². The summed E-state index contributed by atoms with van der Waals surface area (Å²) in [6, 6.07) is 0. The standard InChI is InChI=1S/C23H49N.BrH/c1-3-5-7-8-9-10-11-12-13-14-15-16-17-18-19-21-23-24-22-20-6-4-2;/h24H,3-23H2,1-2H3;1H. The van der Waals surface area contributed by atoms with Gasteiger partial charge in [0, 0.05) is 0 Å². The molecule has 0 aliphatic carbocycles. The smallest absolute Gasteiger partial charge is 0.0755 e. The minimum Gasteiger partial charge on any atom is -1.00 e. The van der Waals surface area contributed by atoms with Crippen LogP contribution in [0.3, 0.4) is 0 Å². The van der Waals surface area contributed by atoms with Crippen molar-refractivity contribution in [3.05, 3.63) is 0 Å². The van der Waals surface area contributed by atoms with Crippen molar-refractivity contribution in [3.63, 3.8) is 0 Å². The van der Waals surface area contributed by atoms with E-state index in [9.17, 15) is 0 Å². The van der Waals surface area contributed by atoms with Crippen LogP contribution in [0.4, 0.5) is 0 Å². The molecule has 0 fully saturated rings. The van der Waals surface area contributed by atoms with E-state index in [1.54, 1.807) is 0 Å². The van der Waals surface area contributed by atoms with Gasteiger partial charge in [-0.15, -0.1) is 0 Å². The largest absolute Gasteiger partial charge is 1.00 e. The average molecular weight is 421 g/mol. The summed E-state index contributed by atoms with van der Waals surface area (Å²) in [4.78, 5) is 0. The fourth-order valence-corrected chi connectivity index (χ4v) is 3.52. The van der Waals surface area contributed by atoms with Gasteiger partial charge in [0.15, 0.2) is 0 Å². The lowest BCUT2D eigenvalue weighted by atomic mass is 10.0. The minimum atomic E-state index is 0. The van der Waals surface area contributed by atoms with Crippen molar-refractivity contribution < 1.29 is 22.3 Å². The average Bonchev–Trinajstić information content (AvgIpc) is 2.60. The Balaban J connectivity index is 0. The van der Waals surface area contributed by atoms with E-state index in [0.717, 1.165) is 0 Å². The molecule has 25 heavy (non-hydrogen) atoms. The van der Waals surface area contributed by atoms with Crippen LogP contribution in [0.2, 0.25) is 0 Å². The molecular formula is C23H50BrN. The molecule has 0 saturated carbocycles. The summed E-state index contributed by atoms with van der Waals surface area (Å²) >= 11 is 0. The van der Waals surface area contributed by atoms with Gasteiger partial charge in [-0.2, -0.15) is 0 Å². The molecule has 0 radical (unpaired) electrons. The van der Waals surface area contributed by atoms with Crippen LogP contribution in [0.25, 0.3) is 0 Å². The van der Waals surface area contributed by atoms with Crippen LogP contribution in [0.15, 0.2) is 0 Å². The van der Waals surface area contributed by atoms with Crippen LogP contribution in [0, 0.1) is 0 Å². The topological polar surface area (TPSA) is 16.6 Å². The number of quaternary nitrogens is 1. The third kappa shape index (κ3) is 26.8. The second-order valence-electron chi connectivity index (χ2n) is 7.88. The Morgan fingerprint density at radius 3 is 0.960 bits per heavy atom. The number of rotatable bonds is 21. The van der Waals surface area contributed by atoms with Gasteiger partial charge in [-0.1, -0.05) is 110 Å². The van der Waals surface area contributed by atoms with E-state index in [1.165, 1.54) is 135 Å². The molecule has 0 atom stereocenters. The van der Waals surface area contributed by atoms with Gasteiger partial charge in [0.25, 0.3) is 0 Å². The number of halogens is 1. The van der Waals surface area contributed by atoms with Gasteiger partial charge in [0.1, 0.15) is 0 Å². The number of hydrogen-bond donors (Lipinski definition) is 1. The number of unbranched alkanes of at least 4 members (excludes halogenated alkanes) is 17. The first-order valence-corrected chi connectivity index (χ1v) is 11.7. The molecule has 0 spiro atoms. The molecule has 0 bridgehead atoms. The van der Waals surface area contributed by atoms with Gasteiger partial charge < -0.3 is 22.3 Å². The Morgan fingerprint density at radius 1 is 0.360 bits per heavy atom. The molecule has 0 unspecified atom stereocenters. The lowest BCUT2D eigenvalue weighted by molar-refractivity contribution is -0.655. The van der Waals surface area contributed by atoms with E-state index < -0.39 is 0 Å². The van der Waals surface area contributed by atoms with Crippen molar-refractivity contribution in [3.8, 4) is 0 Å².